The number of benzene rings is 1. The number of halogens is 1. The first-order chi connectivity index (χ1) is 9.08. The van der Waals surface area contributed by atoms with Crippen molar-refractivity contribution >= 4 is 21.8 Å². The minimum Gasteiger partial charge on any atom is -0.507 e. The van der Waals surface area contributed by atoms with Crippen LogP contribution in [0.2, 0.25) is 0 Å². The largest absolute Gasteiger partial charge is 0.507 e. The Morgan fingerprint density at radius 1 is 1.37 bits per heavy atom. The molecule has 0 fully saturated rings. The Bertz CT molecular complexity index is 420. The van der Waals surface area contributed by atoms with E-state index in [4.69, 9.17) is 0 Å². The third kappa shape index (κ3) is 5.20. The normalized spacial score (nSPS) is 10.7. The van der Waals surface area contributed by atoms with Crippen LogP contribution in [0.3, 0.4) is 0 Å². The van der Waals surface area contributed by atoms with Gasteiger partial charge in [-0.15, -0.1) is 0 Å². The van der Waals surface area contributed by atoms with Crippen LogP contribution in [-0.4, -0.2) is 42.1 Å². The molecule has 0 aliphatic carbocycles. The number of hydrogen-bond donors (Lipinski definition) is 2. The number of carbonyl (C=O) groups is 1. The number of amides is 1. The number of phenols is 1. The second-order valence-electron chi connectivity index (χ2n) is 4.30. The molecule has 0 radical (unpaired) electrons. The van der Waals surface area contributed by atoms with E-state index in [1.807, 2.05) is 0 Å². The number of nitrogens with zero attached hydrogens (tertiary/aromatic N) is 1. The lowest BCUT2D eigenvalue weighted by Gasteiger charge is -2.17. The highest BCUT2D eigenvalue weighted by molar-refractivity contribution is 9.10. The van der Waals surface area contributed by atoms with Crippen LogP contribution >= 0.6 is 15.9 Å². The lowest BCUT2D eigenvalue weighted by atomic mass is 10.2. The number of aromatic hydroxyl groups is 1. The van der Waals surface area contributed by atoms with Gasteiger partial charge in [-0.3, -0.25) is 4.79 Å². The van der Waals surface area contributed by atoms with Crippen molar-refractivity contribution in [2.75, 3.05) is 26.2 Å². The van der Waals surface area contributed by atoms with Crippen LogP contribution in [-0.2, 0) is 0 Å². The van der Waals surface area contributed by atoms with Crippen LogP contribution in [0.25, 0.3) is 0 Å². The first kappa shape index (κ1) is 16.0. The third-order valence-corrected chi connectivity index (χ3v) is 3.71. The summed E-state index contributed by atoms with van der Waals surface area (Å²) in [5.41, 5.74) is 0.475. The van der Waals surface area contributed by atoms with Crippen molar-refractivity contribution in [3.05, 3.63) is 28.2 Å². The van der Waals surface area contributed by atoms with Gasteiger partial charge in [-0.25, -0.2) is 0 Å². The van der Waals surface area contributed by atoms with Crippen molar-refractivity contribution in [3.8, 4) is 5.75 Å². The van der Waals surface area contributed by atoms with Gasteiger partial charge in [-0.05, 0) is 60.2 Å². The van der Waals surface area contributed by atoms with Crippen LogP contribution in [0, 0.1) is 0 Å². The first-order valence-corrected chi connectivity index (χ1v) is 7.36. The molecule has 0 heterocycles. The van der Waals surface area contributed by atoms with Crippen LogP contribution in [0.5, 0.6) is 5.75 Å². The molecule has 2 N–H and O–H groups in total. The summed E-state index contributed by atoms with van der Waals surface area (Å²) in [5.74, 6) is -0.0712. The molecule has 0 aliphatic rings. The molecule has 1 amide bonds. The van der Waals surface area contributed by atoms with Gasteiger partial charge in [0.25, 0.3) is 5.91 Å². The van der Waals surface area contributed by atoms with Gasteiger partial charge >= 0.3 is 0 Å². The molecular formula is C14H21BrN2O2. The van der Waals surface area contributed by atoms with Crippen LogP contribution in [0.15, 0.2) is 22.7 Å². The van der Waals surface area contributed by atoms with E-state index in [1.54, 1.807) is 12.1 Å². The van der Waals surface area contributed by atoms with Crippen molar-refractivity contribution < 1.29 is 9.90 Å². The molecule has 0 aromatic heterocycles. The summed E-state index contributed by atoms with van der Waals surface area (Å²) in [7, 11) is 0. The molecule has 0 bridgehead atoms. The van der Waals surface area contributed by atoms with E-state index in [9.17, 15) is 9.90 Å². The van der Waals surface area contributed by atoms with Crippen LogP contribution in [0.4, 0.5) is 0 Å². The van der Waals surface area contributed by atoms with E-state index in [0.29, 0.717) is 16.6 Å². The fourth-order valence-electron chi connectivity index (χ4n) is 1.80. The first-order valence-electron chi connectivity index (χ1n) is 6.57. The second-order valence-corrected chi connectivity index (χ2v) is 5.16. The fourth-order valence-corrected chi connectivity index (χ4v) is 2.05. The summed E-state index contributed by atoms with van der Waals surface area (Å²) in [4.78, 5) is 14.2. The SMILES string of the molecule is CCN(CC)CCCNC(=O)c1ccc(Br)c(O)c1. The molecule has 4 nitrogen and oxygen atoms in total. The van der Waals surface area contributed by atoms with Gasteiger partial charge in [-0.2, -0.15) is 0 Å². The lowest BCUT2D eigenvalue weighted by molar-refractivity contribution is 0.0951. The Morgan fingerprint density at radius 2 is 2.05 bits per heavy atom. The molecule has 0 aliphatic heterocycles. The Kier molecular flexibility index (Phi) is 6.87. The molecule has 1 rings (SSSR count). The zero-order chi connectivity index (χ0) is 14.3. The highest BCUT2D eigenvalue weighted by Crippen LogP contribution is 2.24. The molecule has 106 valence electrons. The zero-order valence-corrected chi connectivity index (χ0v) is 13.0. The average Bonchev–Trinajstić information content (AvgIpc) is 2.42. The van der Waals surface area contributed by atoms with E-state index >= 15 is 0 Å². The summed E-state index contributed by atoms with van der Waals surface area (Å²) in [6.07, 6.45) is 0.927. The third-order valence-electron chi connectivity index (χ3n) is 3.04. The van der Waals surface area contributed by atoms with Gasteiger partial charge in [0.05, 0.1) is 4.47 Å². The maximum atomic E-state index is 11.8. The molecule has 0 saturated heterocycles. The highest BCUT2D eigenvalue weighted by atomic mass is 79.9. The quantitative estimate of drug-likeness (QED) is 0.756. The van der Waals surface area contributed by atoms with Gasteiger partial charge in [0, 0.05) is 12.1 Å². The summed E-state index contributed by atoms with van der Waals surface area (Å²) in [5, 5.41) is 12.4. The van der Waals surface area contributed by atoms with Crippen LogP contribution in [0.1, 0.15) is 30.6 Å². The summed E-state index contributed by atoms with van der Waals surface area (Å²) >= 11 is 3.19. The van der Waals surface area contributed by atoms with Gasteiger partial charge in [0.2, 0.25) is 0 Å². The Labute approximate surface area is 122 Å². The van der Waals surface area contributed by atoms with E-state index in [1.165, 1.54) is 6.07 Å². The summed E-state index contributed by atoms with van der Waals surface area (Å²) in [6, 6.07) is 4.81. The molecule has 1 aromatic carbocycles. The zero-order valence-electron chi connectivity index (χ0n) is 11.4. The fraction of sp³-hybridized carbons (Fsp3) is 0.500. The predicted molar refractivity (Wildman–Crippen MR) is 80.5 cm³/mol. The molecule has 0 unspecified atom stereocenters. The number of hydrogen-bond acceptors (Lipinski definition) is 3. The predicted octanol–water partition coefficient (Wildman–Crippen LogP) is 2.62. The Morgan fingerprint density at radius 3 is 2.63 bits per heavy atom. The van der Waals surface area contributed by atoms with E-state index in [0.717, 1.165) is 26.1 Å². The van der Waals surface area contributed by atoms with Crippen LogP contribution < -0.4 is 5.32 Å². The monoisotopic (exact) mass is 328 g/mol. The van der Waals surface area contributed by atoms with Gasteiger partial charge < -0.3 is 15.3 Å². The molecule has 0 spiro atoms. The second kappa shape index (κ2) is 8.17. The number of carbonyl (C=O) groups excluding carboxylic acids is 1. The maximum Gasteiger partial charge on any atom is 0.251 e. The minimum absolute atomic E-state index is 0.0794. The Balaban J connectivity index is 2.37. The summed E-state index contributed by atoms with van der Waals surface area (Å²) in [6.45, 7) is 7.96. The number of nitrogens with one attached hydrogen (secondary N) is 1. The molecule has 5 heteroatoms. The van der Waals surface area contributed by atoms with Crippen molar-refractivity contribution in [1.29, 1.82) is 0 Å². The van der Waals surface area contributed by atoms with Gasteiger partial charge in [0.1, 0.15) is 5.75 Å². The van der Waals surface area contributed by atoms with E-state index < -0.39 is 0 Å². The Hall–Kier alpha value is -1.07. The van der Waals surface area contributed by atoms with Crippen molar-refractivity contribution in [2.45, 2.75) is 20.3 Å². The number of rotatable bonds is 7. The van der Waals surface area contributed by atoms with E-state index in [2.05, 4.69) is 40.0 Å². The molecule has 0 saturated carbocycles. The number of phenolic OH excluding ortho intramolecular Hbond substituents is 1. The molecule has 1 aromatic rings. The molecular weight excluding hydrogens is 308 g/mol. The summed E-state index contributed by atoms with van der Waals surface area (Å²) < 4.78 is 0.589. The lowest BCUT2D eigenvalue weighted by Crippen LogP contribution is -2.29. The van der Waals surface area contributed by atoms with Gasteiger partial charge in [-0.1, -0.05) is 13.8 Å². The standard InChI is InChI=1S/C14H21BrN2O2/c1-3-17(4-2)9-5-8-16-14(19)11-6-7-12(15)13(18)10-11/h6-7,10,18H,3-5,8-9H2,1-2H3,(H,16,19). The smallest absolute Gasteiger partial charge is 0.251 e. The van der Waals surface area contributed by atoms with Crippen molar-refractivity contribution in [3.63, 3.8) is 0 Å². The molecule has 19 heavy (non-hydrogen) atoms. The topological polar surface area (TPSA) is 52.6 Å². The van der Waals surface area contributed by atoms with Gasteiger partial charge in [0.15, 0.2) is 0 Å². The minimum atomic E-state index is -0.151. The maximum absolute atomic E-state index is 11.8. The molecule has 0 atom stereocenters. The average molecular weight is 329 g/mol. The van der Waals surface area contributed by atoms with Crippen molar-refractivity contribution in [1.82, 2.24) is 10.2 Å². The van der Waals surface area contributed by atoms with Crippen molar-refractivity contribution in [2.24, 2.45) is 0 Å². The van der Waals surface area contributed by atoms with E-state index in [-0.39, 0.29) is 11.7 Å². The highest BCUT2D eigenvalue weighted by Gasteiger charge is 2.07.